The molecule has 2 rings (SSSR count). The van der Waals surface area contributed by atoms with Gasteiger partial charge in [-0.25, -0.2) is 0 Å². The van der Waals surface area contributed by atoms with Crippen molar-refractivity contribution in [3.05, 3.63) is 29.8 Å². The summed E-state index contributed by atoms with van der Waals surface area (Å²) in [6, 6.07) is 6.43. The van der Waals surface area contributed by atoms with Gasteiger partial charge in [-0.3, -0.25) is 9.69 Å². The van der Waals surface area contributed by atoms with Crippen LogP contribution in [-0.4, -0.2) is 56.7 Å². The van der Waals surface area contributed by atoms with Crippen molar-refractivity contribution >= 4 is 15.9 Å². The Bertz CT molecular complexity index is 798. The van der Waals surface area contributed by atoms with Crippen LogP contribution in [0.25, 0.3) is 0 Å². The molecule has 0 atom stereocenters. The second-order valence-electron chi connectivity index (χ2n) is 9.54. The van der Waals surface area contributed by atoms with Crippen molar-refractivity contribution in [3.8, 4) is 5.75 Å². The molecule has 1 fully saturated rings. The number of rotatable bonds is 16. The molecule has 7 heteroatoms. The summed E-state index contributed by atoms with van der Waals surface area (Å²) in [5.74, 6) is 0.279. The van der Waals surface area contributed by atoms with Crippen LogP contribution < -0.4 is 4.18 Å². The highest BCUT2D eigenvalue weighted by Gasteiger charge is 2.35. The Morgan fingerprint density at radius 2 is 1.42 bits per heavy atom. The molecule has 0 spiro atoms. The standard InChI is InChI=1S/C26H43NO5S/c1-4-5-6-7-8-9-10-11-12-13-22-33(29,30)32-24-16-14-23(15-17-24)25(28)26(2,3)27-18-20-31-21-19-27/h14-17H,4-13,18-22H2,1-3H3. The second kappa shape index (κ2) is 14.1. The molecule has 1 aromatic rings. The molecule has 33 heavy (non-hydrogen) atoms. The van der Waals surface area contributed by atoms with Crippen LogP contribution in [0.1, 0.15) is 95.3 Å². The Morgan fingerprint density at radius 1 is 0.909 bits per heavy atom. The number of benzene rings is 1. The normalized spacial score (nSPS) is 15.5. The first-order valence-electron chi connectivity index (χ1n) is 12.7. The first-order valence-corrected chi connectivity index (χ1v) is 14.2. The molecule has 6 nitrogen and oxygen atoms in total. The summed E-state index contributed by atoms with van der Waals surface area (Å²) in [7, 11) is -3.63. The van der Waals surface area contributed by atoms with Gasteiger partial charge in [0.2, 0.25) is 0 Å². The SMILES string of the molecule is CCCCCCCCCCCCS(=O)(=O)Oc1ccc(C(=O)C(C)(C)N2CCOCC2)cc1. The lowest BCUT2D eigenvalue weighted by Crippen LogP contribution is -2.54. The maximum atomic E-state index is 13.0. The number of hydrogen-bond acceptors (Lipinski definition) is 6. The number of nitrogens with zero attached hydrogens (tertiary/aromatic N) is 1. The van der Waals surface area contributed by atoms with E-state index in [2.05, 4.69) is 11.8 Å². The van der Waals surface area contributed by atoms with Gasteiger partial charge < -0.3 is 8.92 Å². The van der Waals surface area contributed by atoms with Gasteiger partial charge in [0.1, 0.15) is 5.75 Å². The van der Waals surface area contributed by atoms with Crippen molar-refractivity contribution in [1.29, 1.82) is 0 Å². The summed E-state index contributed by atoms with van der Waals surface area (Å²) in [4.78, 5) is 15.2. The van der Waals surface area contributed by atoms with E-state index in [0.717, 1.165) is 25.9 Å². The van der Waals surface area contributed by atoms with E-state index in [-0.39, 0.29) is 17.3 Å². The van der Waals surface area contributed by atoms with Gasteiger partial charge in [0.25, 0.3) is 0 Å². The molecule has 0 N–H and O–H groups in total. The van der Waals surface area contributed by atoms with E-state index in [1.54, 1.807) is 24.3 Å². The Kier molecular flexibility index (Phi) is 11.9. The van der Waals surface area contributed by atoms with Gasteiger partial charge in [0.15, 0.2) is 5.78 Å². The molecule has 1 saturated heterocycles. The summed E-state index contributed by atoms with van der Waals surface area (Å²) in [6.45, 7) is 8.75. The van der Waals surface area contributed by atoms with Gasteiger partial charge in [0.05, 0.1) is 24.5 Å². The summed E-state index contributed by atoms with van der Waals surface area (Å²) < 4.78 is 35.3. The van der Waals surface area contributed by atoms with Gasteiger partial charge in [0, 0.05) is 18.7 Å². The molecule has 1 aromatic carbocycles. The number of carbonyl (C=O) groups excluding carboxylic acids is 1. The molecule has 0 radical (unpaired) electrons. The van der Waals surface area contributed by atoms with E-state index in [9.17, 15) is 13.2 Å². The Labute approximate surface area is 201 Å². The van der Waals surface area contributed by atoms with E-state index in [0.29, 0.717) is 25.2 Å². The molecule has 0 saturated carbocycles. The van der Waals surface area contributed by atoms with E-state index < -0.39 is 15.7 Å². The molecule has 0 aliphatic carbocycles. The van der Waals surface area contributed by atoms with Crippen LogP contribution in [-0.2, 0) is 14.9 Å². The summed E-state index contributed by atoms with van der Waals surface area (Å²) in [6.07, 6.45) is 11.5. The number of unbranched alkanes of at least 4 members (excludes halogenated alkanes) is 9. The molecule has 1 heterocycles. The lowest BCUT2D eigenvalue weighted by Gasteiger charge is -2.39. The first kappa shape index (κ1) is 27.8. The highest BCUT2D eigenvalue weighted by atomic mass is 32.2. The van der Waals surface area contributed by atoms with Crippen LogP contribution in [0.5, 0.6) is 5.75 Å². The van der Waals surface area contributed by atoms with Crippen LogP contribution in [0.15, 0.2) is 24.3 Å². The topological polar surface area (TPSA) is 72.9 Å². The summed E-state index contributed by atoms with van der Waals surface area (Å²) >= 11 is 0. The second-order valence-corrected chi connectivity index (χ2v) is 11.2. The fourth-order valence-corrected chi connectivity index (χ4v) is 5.28. The van der Waals surface area contributed by atoms with Crippen molar-refractivity contribution in [2.24, 2.45) is 0 Å². The average Bonchev–Trinajstić information content (AvgIpc) is 2.80. The smallest absolute Gasteiger partial charge is 0.309 e. The fraction of sp³-hybridized carbons (Fsp3) is 0.731. The largest absolute Gasteiger partial charge is 0.382 e. The minimum Gasteiger partial charge on any atom is -0.382 e. The third-order valence-corrected chi connectivity index (χ3v) is 7.68. The number of hydrogen-bond donors (Lipinski definition) is 0. The molecule has 0 amide bonds. The molecule has 1 aliphatic heterocycles. The predicted octanol–water partition coefficient (Wildman–Crippen LogP) is 5.61. The van der Waals surface area contributed by atoms with Gasteiger partial charge in [-0.1, -0.05) is 64.7 Å². The first-order chi connectivity index (χ1) is 15.8. The van der Waals surface area contributed by atoms with Crippen molar-refractivity contribution < 1.29 is 22.1 Å². The van der Waals surface area contributed by atoms with Crippen LogP contribution in [0.4, 0.5) is 0 Å². The van der Waals surface area contributed by atoms with Crippen molar-refractivity contribution in [2.45, 2.75) is 90.5 Å². The van der Waals surface area contributed by atoms with Gasteiger partial charge in [-0.15, -0.1) is 0 Å². The minimum absolute atomic E-state index is 0.00386. The van der Waals surface area contributed by atoms with Crippen molar-refractivity contribution in [2.75, 3.05) is 32.1 Å². The molecule has 0 bridgehead atoms. The monoisotopic (exact) mass is 481 g/mol. The van der Waals surface area contributed by atoms with Crippen molar-refractivity contribution in [1.82, 2.24) is 4.90 Å². The van der Waals surface area contributed by atoms with Gasteiger partial charge >= 0.3 is 10.1 Å². The van der Waals surface area contributed by atoms with Crippen LogP contribution in [0.3, 0.4) is 0 Å². The minimum atomic E-state index is -3.63. The van der Waals surface area contributed by atoms with Gasteiger partial charge in [-0.05, 0) is 44.5 Å². The van der Waals surface area contributed by atoms with E-state index in [4.69, 9.17) is 8.92 Å². The maximum Gasteiger partial charge on any atom is 0.309 e. The van der Waals surface area contributed by atoms with Crippen LogP contribution >= 0.6 is 0 Å². The lowest BCUT2D eigenvalue weighted by molar-refractivity contribution is -0.00429. The van der Waals surface area contributed by atoms with E-state index in [1.165, 1.54) is 44.9 Å². The summed E-state index contributed by atoms with van der Waals surface area (Å²) in [5, 5.41) is 0. The molecule has 0 unspecified atom stereocenters. The molecular weight excluding hydrogens is 438 g/mol. The van der Waals surface area contributed by atoms with Gasteiger partial charge in [-0.2, -0.15) is 8.42 Å². The Morgan fingerprint density at radius 3 is 1.97 bits per heavy atom. The number of ketones is 1. The molecule has 1 aliphatic rings. The molecular formula is C26H43NO5S. The third-order valence-electron chi connectivity index (χ3n) is 6.44. The number of ether oxygens (including phenoxy) is 1. The quantitative estimate of drug-likeness (QED) is 0.174. The zero-order valence-corrected chi connectivity index (χ0v) is 21.6. The van der Waals surface area contributed by atoms with E-state index >= 15 is 0 Å². The maximum absolute atomic E-state index is 13.0. The highest BCUT2D eigenvalue weighted by Crippen LogP contribution is 2.24. The zero-order chi connectivity index (χ0) is 24.2. The Balaban J connectivity index is 1.72. The number of Topliss-reactive ketones (excluding diaryl/α,β-unsaturated/α-hetero) is 1. The lowest BCUT2D eigenvalue weighted by atomic mass is 9.91. The number of carbonyl (C=O) groups is 1. The highest BCUT2D eigenvalue weighted by molar-refractivity contribution is 7.87. The predicted molar refractivity (Wildman–Crippen MR) is 134 cm³/mol. The zero-order valence-electron chi connectivity index (χ0n) is 20.8. The molecule has 188 valence electrons. The average molecular weight is 482 g/mol. The fourth-order valence-electron chi connectivity index (χ4n) is 4.24. The van der Waals surface area contributed by atoms with E-state index in [1.807, 2.05) is 13.8 Å². The number of morpholine rings is 1. The van der Waals surface area contributed by atoms with Crippen LogP contribution in [0.2, 0.25) is 0 Å². The Hall–Kier alpha value is -1.44. The molecule has 0 aromatic heterocycles. The van der Waals surface area contributed by atoms with Crippen molar-refractivity contribution in [3.63, 3.8) is 0 Å². The summed E-state index contributed by atoms with van der Waals surface area (Å²) in [5.41, 5.74) is -0.0979. The van der Waals surface area contributed by atoms with Crippen LogP contribution in [0, 0.1) is 0 Å². The third kappa shape index (κ3) is 9.75.